The summed E-state index contributed by atoms with van der Waals surface area (Å²) in [4.78, 5) is 40.6. The predicted octanol–water partition coefficient (Wildman–Crippen LogP) is 3.42. The van der Waals surface area contributed by atoms with Crippen molar-refractivity contribution in [2.75, 3.05) is 25.2 Å². The number of nitrogens with one attached hydrogen (secondary N) is 1. The van der Waals surface area contributed by atoms with Crippen molar-refractivity contribution in [1.29, 1.82) is 0 Å². The zero-order valence-corrected chi connectivity index (χ0v) is 19.5. The minimum atomic E-state index is -0.304. The van der Waals surface area contributed by atoms with Gasteiger partial charge in [0.2, 0.25) is 12.7 Å². The fraction of sp³-hybridized carbons (Fsp3) is 0.296. The van der Waals surface area contributed by atoms with Crippen LogP contribution in [0.15, 0.2) is 65.6 Å². The number of nitrogens with zero attached hydrogens (tertiary/aromatic N) is 2. The van der Waals surface area contributed by atoms with Crippen LogP contribution in [-0.2, 0) is 11.3 Å². The number of likely N-dealkylation sites (tertiary alicyclic amines) is 1. The first kappa shape index (κ1) is 22.7. The van der Waals surface area contributed by atoms with Gasteiger partial charge in [-0.2, -0.15) is 0 Å². The lowest BCUT2D eigenvalue weighted by atomic mass is 9.95. The van der Waals surface area contributed by atoms with E-state index in [2.05, 4.69) is 5.32 Å². The van der Waals surface area contributed by atoms with E-state index in [4.69, 9.17) is 9.47 Å². The van der Waals surface area contributed by atoms with Crippen molar-refractivity contribution in [3.63, 3.8) is 0 Å². The number of anilines is 1. The Bertz CT molecular complexity index is 1320. The van der Waals surface area contributed by atoms with Crippen molar-refractivity contribution in [3.05, 3.63) is 87.8 Å². The Balaban J connectivity index is 1.20. The minimum absolute atomic E-state index is 0.0869. The van der Waals surface area contributed by atoms with Crippen molar-refractivity contribution in [3.8, 4) is 11.5 Å². The monoisotopic (exact) mass is 473 g/mol. The number of ether oxygens (including phenoxy) is 2. The predicted molar refractivity (Wildman–Crippen MR) is 131 cm³/mol. The number of hydrogen-bond donors (Lipinski definition) is 1. The van der Waals surface area contributed by atoms with Gasteiger partial charge in [-0.3, -0.25) is 14.4 Å². The molecule has 3 heterocycles. The molecule has 0 atom stereocenters. The molecular weight excluding hydrogens is 446 g/mol. The number of piperidine rings is 1. The zero-order valence-electron chi connectivity index (χ0n) is 19.5. The lowest BCUT2D eigenvalue weighted by molar-refractivity contribution is -0.121. The summed E-state index contributed by atoms with van der Waals surface area (Å²) in [6.07, 6.45) is 2.77. The summed E-state index contributed by atoms with van der Waals surface area (Å²) >= 11 is 0. The second-order valence-corrected chi connectivity index (χ2v) is 8.97. The molecule has 0 radical (unpaired) electrons. The number of rotatable bonds is 5. The maximum absolute atomic E-state index is 13.1. The summed E-state index contributed by atoms with van der Waals surface area (Å²) < 4.78 is 12.2. The van der Waals surface area contributed by atoms with Crippen LogP contribution in [0.1, 0.15) is 34.3 Å². The molecule has 2 aliphatic rings. The number of fused-ring (bicyclic) bond motifs is 1. The molecule has 2 aliphatic heterocycles. The SMILES string of the molecule is Cc1cccc(Cn2cccc(C(=O)N3CCC(C(=O)Nc4ccc5c(c4)OCO5)CC3)c2=O)c1. The van der Waals surface area contributed by atoms with Gasteiger partial charge in [0.1, 0.15) is 5.56 Å². The first-order valence-electron chi connectivity index (χ1n) is 11.7. The van der Waals surface area contributed by atoms with Crippen LogP contribution in [0.2, 0.25) is 0 Å². The molecule has 2 amide bonds. The standard InChI is InChI=1S/C27H27N3O5/c1-18-4-2-5-19(14-18)16-30-11-3-6-22(27(30)33)26(32)29-12-9-20(10-13-29)25(31)28-21-7-8-23-24(15-21)35-17-34-23/h2-8,11,14-15,20H,9-10,12-13,16-17H2,1H3,(H,28,31). The highest BCUT2D eigenvalue weighted by molar-refractivity contribution is 5.95. The average Bonchev–Trinajstić information content (AvgIpc) is 3.33. The molecule has 0 unspecified atom stereocenters. The highest BCUT2D eigenvalue weighted by Crippen LogP contribution is 2.34. The summed E-state index contributed by atoms with van der Waals surface area (Å²) in [6.45, 7) is 3.43. The molecular formula is C27H27N3O5. The van der Waals surface area contributed by atoms with Crippen LogP contribution in [-0.4, -0.2) is 41.2 Å². The van der Waals surface area contributed by atoms with Gasteiger partial charge in [-0.25, -0.2) is 0 Å². The van der Waals surface area contributed by atoms with Gasteiger partial charge in [-0.1, -0.05) is 29.8 Å². The van der Waals surface area contributed by atoms with E-state index in [1.165, 1.54) is 0 Å². The van der Waals surface area contributed by atoms with E-state index in [0.717, 1.165) is 11.1 Å². The molecule has 3 aromatic rings. The van der Waals surface area contributed by atoms with Gasteiger partial charge in [0.15, 0.2) is 11.5 Å². The van der Waals surface area contributed by atoms with Gasteiger partial charge in [-0.15, -0.1) is 0 Å². The highest BCUT2D eigenvalue weighted by Gasteiger charge is 2.29. The summed E-state index contributed by atoms with van der Waals surface area (Å²) in [5.74, 6) is 0.686. The molecule has 8 heteroatoms. The highest BCUT2D eigenvalue weighted by atomic mass is 16.7. The second-order valence-electron chi connectivity index (χ2n) is 8.97. The smallest absolute Gasteiger partial charge is 0.263 e. The Morgan fingerprint density at radius 1 is 1.00 bits per heavy atom. The van der Waals surface area contributed by atoms with Crippen molar-refractivity contribution in [1.82, 2.24) is 9.47 Å². The van der Waals surface area contributed by atoms with Crippen molar-refractivity contribution >= 4 is 17.5 Å². The van der Waals surface area contributed by atoms with Crippen LogP contribution in [0.4, 0.5) is 5.69 Å². The molecule has 2 aromatic carbocycles. The third-order valence-corrected chi connectivity index (χ3v) is 6.48. The number of carbonyl (C=O) groups is 2. The van der Waals surface area contributed by atoms with Gasteiger partial charge in [-0.05, 0) is 49.6 Å². The molecule has 35 heavy (non-hydrogen) atoms. The van der Waals surface area contributed by atoms with Gasteiger partial charge in [0.05, 0.1) is 6.54 Å². The first-order chi connectivity index (χ1) is 17.0. The number of amides is 2. The number of pyridine rings is 1. The van der Waals surface area contributed by atoms with Crippen LogP contribution in [0.25, 0.3) is 0 Å². The van der Waals surface area contributed by atoms with Gasteiger partial charge >= 0.3 is 0 Å². The van der Waals surface area contributed by atoms with E-state index in [9.17, 15) is 14.4 Å². The summed E-state index contributed by atoms with van der Waals surface area (Å²) in [5.41, 5.74) is 2.63. The largest absolute Gasteiger partial charge is 0.454 e. The lowest BCUT2D eigenvalue weighted by Crippen LogP contribution is -2.43. The van der Waals surface area contributed by atoms with E-state index in [-0.39, 0.29) is 35.6 Å². The lowest BCUT2D eigenvalue weighted by Gasteiger charge is -2.31. The Kier molecular flexibility index (Phi) is 6.27. The van der Waals surface area contributed by atoms with Gasteiger partial charge in [0, 0.05) is 37.0 Å². The average molecular weight is 474 g/mol. The number of carbonyl (C=O) groups excluding carboxylic acids is 2. The summed E-state index contributed by atoms with van der Waals surface area (Å²) in [7, 11) is 0. The molecule has 0 saturated carbocycles. The van der Waals surface area contributed by atoms with E-state index in [1.807, 2.05) is 31.2 Å². The summed E-state index contributed by atoms with van der Waals surface area (Å²) in [5, 5.41) is 2.93. The number of aromatic nitrogens is 1. The maximum Gasteiger partial charge on any atom is 0.263 e. The number of benzene rings is 2. The summed E-state index contributed by atoms with van der Waals surface area (Å²) in [6, 6.07) is 16.6. The van der Waals surface area contributed by atoms with Crippen LogP contribution in [0, 0.1) is 12.8 Å². The Morgan fingerprint density at radius 2 is 1.80 bits per heavy atom. The van der Waals surface area contributed by atoms with Crippen LogP contribution in [0.5, 0.6) is 11.5 Å². The molecule has 180 valence electrons. The molecule has 1 fully saturated rings. The molecule has 0 bridgehead atoms. The van der Waals surface area contributed by atoms with Crippen molar-refractivity contribution in [2.45, 2.75) is 26.3 Å². The third kappa shape index (κ3) is 4.91. The van der Waals surface area contributed by atoms with Crippen LogP contribution in [0.3, 0.4) is 0 Å². The zero-order chi connectivity index (χ0) is 24.4. The van der Waals surface area contributed by atoms with Gasteiger partial charge < -0.3 is 24.3 Å². The Hall–Kier alpha value is -4.07. The van der Waals surface area contributed by atoms with E-state index in [0.29, 0.717) is 49.7 Å². The normalized spacial score (nSPS) is 15.2. The van der Waals surface area contributed by atoms with E-state index in [1.54, 1.807) is 46.0 Å². The number of hydrogen-bond acceptors (Lipinski definition) is 5. The maximum atomic E-state index is 13.1. The van der Waals surface area contributed by atoms with Crippen molar-refractivity contribution in [2.24, 2.45) is 5.92 Å². The second kappa shape index (κ2) is 9.66. The molecule has 0 spiro atoms. The Morgan fingerprint density at radius 3 is 2.60 bits per heavy atom. The fourth-order valence-corrected chi connectivity index (χ4v) is 4.57. The molecule has 0 aliphatic carbocycles. The Labute approximate surface area is 203 Å². The molecule has 1 saturated heterocycles. The van der Waals surface area contributed by atoms with E-state index < -0.39 is 0 Å². The quantitative estimate of drug-likeness (QED) is 0.613. The van der Waals surface area contributed by atoms with Crippen LogP contribution < -0.4 is 20.3 Å². The topological polar surface area (TPSA) is 89.9 Å². The third-order valence-electron chi connectivity index (χ3n) is 6.48. The fourth-order valence-electron chi connectivity index (χ4n) is 4.57. The van der Waals surface area contributed by atoms with E-state index >= 15 is 0 Å². The first-order valence-corrected chi connectivity index (χ1v) is 11.7. The molecule has 8 nitrogen and oxygen atoms in total. The molecule has 1 aromatic heterocycles. The molecule has 1 N–H and O–H groups in total. The van der Waals surface area contributed by atoms with Crippen LogP contribution >= 0.6 is 0 Å². The van der Waals surface area contributed by atoms with Crippen molar-refractivity contribution < 1.29 is 19.1 Å². The molecule has 5 rings (SSSR count). The number of aryl methyl sites for hydroxylation is 1. The minimum Gasteiger partial charge on any atom is -0.454 e. The van der Waals surface area contributed by atoms with Gasteiger partial charge in [0.25, 0.3) is 11.5 Å².